The van der Waals surface area contributed by atoms with Gasteiger partial charge in [-0.3, -0.25) is 4.98 Å². The molecule has 3 heterocycles. The number of nitrogens with zero attached hydrogens (tertiary/aromatic N) is 3. The molecule has 1 aromatic carbocycles. The van der Waals surface area contributed by atoms with Crippen LogP contribution in [0.25, 0.3) is 38.3 Å². The number of rotatable bonds is 2. The zero-order valence-electron chi connectivity index (χ0n) is 12.5. The minimum Gasteiger partial charge on any atom is -0.361 e. The van der Waals surface area contributed by atoms with Crippen LogP contribution in [0, 0.1) is 6.57 Å². The Morgan fingerprint density at radius 1 is 0.917 bits per heavy atom. The number of aromatic amines is 1. The highest BCUT2D eigenvalue weighted by molar-refractivity contribution is 9.10. The van der Waals surface area contributed by atoms with Gasteiger partial charge in [0.15, 0.2) is 5.52 Å². The van der Waals surface area contributed by atoms with E-state index in [0.29, 0.717) is 5.82 Å². The summed E-state index contributed by atoms with van der Waals surface area (Å²) in [5.74, 6) is 0.390. The van der Waals surface area contributed by atoms with Crippen LogP contribution < -0.4 is 0 Å². The van der Waals surface area contributed by atoms with Gasteiger partial charge in [0.1, 0.15) is 0 Å². The predicted molar refractivity (Wildman–Crippen MR) is 98.7 cm³/mol. The molecule has 0 aliphatic carbocycles. The van der Waals surface area contributed by atoms with Gasteiger partial charge in [-0.2, -0.15) is 0 Å². The van der Waals surface area contributed by atoms with E-state index in [4.69, 9.17) is 6.57 Å². The van der Waals surface area contributed by atoms with Crippen LogP contribution in [-0.4, -0.2) is 15.0 Å². The quantitative estimate of drug-likeness (QED) is 0.463. The summed E-state index contributed by atoms with van der Waals surface area (Å²) in [7, 11) is 0. The maximum absolute atomic E-state index is 7.23. The molecule has 0 saturated carbocycles. The molecule has 4 aromatic rings. The van der Waals surface area contributed by atoms with E-state index in [2.05, 4.69) is 35.7 Å². The minimum atomic E-state index is 0.390. The normalized spacial score (nSPS) is 10.7. The van der Waals surface area contributed by atoms with Gasteiger partial charge < -0.3 is 9.83 Å². The van der Waals surface area contributed by atoms with Crippen LogP contribution >= 0.6 is 15.9 Å². The monoisotopic (exact) mass is 374 g/mol. The van der Waals surface area contributed by atoms with Crippen molar-refractivity contribution in [3.63, 3.8) is 0 Å². The van der Waals surface area contributed by atoms with Crippen molar-refractivity contribution in [3.05, 3.63) is 76.8 Å². The second kappa shape index (κ2) is 5.91. The summed E-state index contributed by atoms with van der Waals surface area (Å²) in [4.78, 5) is 15.5. The Labute approximate surface area is 147 Å². The van der Waals surface area contributed by atoms with Gasteiger partial charge in [0.2, 0.25) is 0 Å². The largest absolute Gasteiger partial charge is 0.361 e. The number of pyridine rings is 2. The van der Waals surface area contributed by atoms with Gasteiger partial charge in [-0.15, -0.1) is 4.98 Å². The first-order valence-corrected chi connectivity index (χ1v) is 8.12. The van der Waals surface area contributed by atoms with Crippen LogP contribution in [0.5, 0.6) is 0 Å². The molecule has 0 amide bonds. The first-order valence-electron chi connectivity index (χ1n) is 7.33. The van der Waals surface area contributed by atoms with Gasteiger partial charge in [-0.05, 0) is 42.0 Å². The Morgan fingerprint density at radius 3 is 2.38 bits per heavy atom. The highest BCUT2D eigenvalue weighted by Crippen LogP contribution is 2.38. The summed E-state index contributed by atoms with van der Waals surface area (Å²) in [6.07, 6.45) is 3.54. The molecule has 3 aromatic heterocycles. The van der Waals surface area contributed by atoms with Crippen molar-refractivity contribution in [3.8, 4) is 22.4 Å². The molecule has 114 valence electrons. The van der Waals surface area contributed by atoms with Crippen LogP contribution in [0.1, 0.15) is 0 Å². The number of nitrogens with one attached hydrogen (secondary N) is 1. The average Bonchev–Trinajstić information content (AvgIpc) is 3.01. The maximum atomic E-state index is 7.23. The molecule has 0 unspecified atom stereocenters. The molecule has 0 saturated heterocycles. The third kappa shape index (κ3) is 2.47. The Kier molecular flexibility index (Phi) is 3.60. The molecular formula is C19H11BrN4. The average molecular weight is 375 g/mol. The van der Waals surface area contributed by atoms with Crippen LogP contribution in [0.4, 0.5) is 5.82 Å². The van der Waals surface area contributed by atoms with Crippen LogP contribution in [0.3, 0.4) is 0 Å². The van der Waals surface area contributed by atoms with Crippen LogP contribution in [0.15, 0.2) is 65.4 Å². The highest BCUT2D eigenvalue weighted by Gasteiger charge is 2.19. The fraction of sp³-hybridized carbons (Fsp3) is 0. The number of halogens is 1. The molecule has 0 spiro atoms. The summed E-state index contributed by atoms with van der Waals surface area (Å²) in [6.45, 7) is 7.23. The second-order valence-corrected chi connectivity index (χ2v) is 6.21. The summed E-state index contributed by atoms with van der Waals surface area (Å²) < 4.78 is 1.02. The minimum absolute atomic E-state index is 0.390. The third-order valence-electron chi connectivity index (χ3n) is 3.84. The molecule has 5 heteroatoms. The molecule has 0 aliphatic heterocycles. The van der Waals surface area contributed by atoms with Crippen LogP contribution in [-0.2, 0) is 0 Å². The lowest BCUT2D eigenvalue weighted by atomic mass is 10.0. The lowest BCUT2D eigenvalue weighted by Crippen LogP contribution is -1.84. The fourth-order valence-corrected chi connectivity index (χ4v) is 3.02. The van der Waals surface area contributed by atoms with Gasteiger partial charge in [0.05, 0.1) is 16.8 Å². The topological polar surface area (TPSA) is 45.9 Å². The lowest BCUT2D eigenvalue weighted by Gasteiger charge is -2.04. The zero-order valence-corrected chi connectivity index (χ0v) is 14.1. The van der Waals surface area contributed by atoms with E-state index in [1.54, 1.807) is 18.5 Å². The van der Waals surface area contributed by atoms with Crippen molar-refractivity contribution in [2.45, 2.75) is 0 Å². The SMILES string of the molecule is [C-]#[N+]c1ccc2[nH]c(-c3ccncc3)c(-c3ccc(Br)cc3)c2n1. The lowest BCUT2D eigenvalue weighted by molar-refractivity contribution is 1.32. The first kappa shape index (κ1) is 14.6. The summed E-state index contributed by atoms with van der Waals surface area (Å²) in [6, 6.07) is 15.7. The number of hydrogen-bond donors (Lipinski definition) is 1. The van der Waals surface area contributed by atoms with Crippen molar-refractivity contribution in [2.75, 3.05) is 0 Å². The van der Waals surface area contributed by atoms with Crippen molar-refractivity contribution in [1.82, 2.24) is 15.0 Å². The van der Waals surface area contributed by atoms with Crippen LogP contribution in [0.2, 0.25) is 0 Å². The first-order chi connectivity index (χ1) is 11.8. The van der Waals surface area contributed by atoms with Gasteiger partial charge in [-0.1, -0.05) is 34.6 Å². The fourth-order valence-electron chi connectivity index (χ4n) is 2.75. The third-order valence-corrected chi connectivity index (χ3v) is 4.37. The van der Waals surface area contributed by atoms with Gasteiger partial charge in [0, 0.05) is 22.4 Å². The van der Waals surface area contributed by atoms with E-state index in [1.807, 2.05) is 42.5 Å². The Hall–Kier alpha value is -2.97. The maximum Gasteiger partial charge on any atom is 0.270 e. The number of hydrogen-bond acceptors (Lipinski definition) is 2. The van der Waals surface area contributed by atoms with E-state index < -0.39 is 0 Å². The molecule has 0 radical (unpaired) electrons. The molecule has 0 fully saturated rings. The van der Waals surface area contributed by atoms with E-state index in [0.717, 1.165) is 37.9 Å². The molecule has 0 bridgehead atoms. The van der Waals surface area contributed by atoms with Gasteiger partial charge >= 0.3 is 0 Å². The van der Waals surface area contributed by atoms with E-state index in [1.165, 1.54) is 0 Å². The zero-order chi connectivity index (χ0) is 16.5. The highest BCUT2D eigenvalue weighted by atomic mass is 79.9. The van der Waals surface area contributed by atoms with E-state index >= 15 is 0 Å². The van der Waals surface area contributed by atoms with Crippen molar-refractivity contribution >= 4 is 32.8 Å². The van der Waals surface area contributed by atoms with Crippen molar-refractivity contribution in [1.29, 1.82) is 0 Å². The summed E-state index contributed by atoms with van der Waals surface area (Å²) >= 11 is 3.47. The van der Waals surface area contributed by atoms with Gasteiger partial charge in [0.25, 0.3) is 5.82 Å². The van der Waals surface area contributed by atoms with E-state index in [-0.39, 0.29) is 0 Å². The molecule has 4 rings (SSSR count). The Bertz CT molecular complexity index is 1060. The van der Waals surface area contributed by atoms with Gasteiger partial charge in [-0.25, -0.2) is 0 Å². The Balaban J connectivity index is 2.06. The predicted octanol–water partition coefficient (Wildman–Crippen LogP) is 5.61. The molecule has 1 N–H and O–H groups in total. The van der Waals surface area contributed by atoms with Crippen molar-refractivity contribution in [2.24, 2.45) is 0 Å². The molecular weight excluding hydrogens is 364 g/mol. The summed E-state index contributed by atoms with van der Waals surface area (Å²) in [5.41, 5.74) is 5.76. The number of H-pyrrole nitrogens is 1. The standard InChI is InChI=1S/C19H11BrN4/c1-21-16-7-6-15-19(24-16)17(12-2-4-14(20)5-3-12)18(23-15)13-8-10-22-11-9-13/h2-11,23H. The second-order valence-electron chi connectivity index (χ2n) is 5.30. The smallest absolute Gasteiger partial charge is 0.270 e. The number of aromatic nitrogens is 3. The number of benzene rings is 1. The summed E-state index contributed by atoms with van der Waals surface area (Å²) in [5, 5.41) is 0. The molecule has 0 atom stereocenters. The molecule has 0 aliphatic rings. The van der Waals surface area contributed by atoms with Crippen molar-refractivity contribution < 1.29 is 0 Å². The molecule has 24 heavy (non-hydrogen) atoms. The Morgan fingerprint density at radius 2 is 1.67 bits per heavy atom. The molecule has 4 nitrogen and oxygen atoms in total. The number of fused-ring (bicyclic) bond motifs is 1. The van der Waals surface area contributed by atoms with E-state index in [9.17, 15) is 0 Å².